The van der Waals surface area contributed by atoms with Crippen LogP contribution in [0.4, 0.5) is 5.13 Å². The fourth-order valence-electron chi connectivity index (χ4n) is 4.59. The Morgan fingerprint density at radius 2 is 1.83 bits per heavy atom. The zero-order chi connectivity index (χ0) is 28.5. The lowest BCUT2D eigenvalue weighted by molar-refractivity contribution is -0.132. The quantitative estimate of drug-likeness (QED) is 0.0903. The Labute approximate surface area is 248 Å². The highest BCUT2D eigenvalue weighted by Crippen LogP contribution is 2.45. The van der Waals surface area contributed by atoms with Crippen LogP contribution in [0, 0.1) is 0 Å². The Morgan fingerprint density at radius 1 is 1.07 bits per heavy atom. The molecule has 12 heteroatoms. The largest absolute Gasteiger partial charge is 0.507 e. The molecule has 0 spiro atoms. The first kappa shape index (κ1) is 27.1. The van der Waals surface area contributed by atoms with Crippen LogP contribution in [0.15, 0.2) is 76.6 Å². The fourth-order valence-corrected chi connectivity index (χ4v) is 6.74. The zero-order valence-corrected chi connectivity index (χ0v) is 24.0. The normalized spacial score (nSPS) is 17.6. The number of anilines is 1. The number of ether oxygens (including phenoxy) is 3. The van der Waals surface area contributed by atoms with Gasteiger partial charge in [0.25, 0.3) is 5.78 Å². The van der Waals surface area contributed by atoms with Crippen LogP contribution < -0.4 is 19.1 Å². The second-order valence-electron chi connectivity index (χ2n) is 9.03. The van der Waals surface area contributed by atoms with Crippen molar-refractivity contribution in [2.45, 2.75) is 16.1 Å². The predicted molar refractivity (Wildman–Crippen MR) is 156 cm³/mol. The molecule has 0 radical (unpaired) electrons. The van der Waals surface area contributed by atoms with Gasteiger partial charge in [0.05, 0.1) is 18.7 Å². The van der Waals surface area contributed by atoms with Crippen LogP contribution in [-0.2, 0) is 15.3 Å². The molecule has 1 N–H and O–H groups in total. The molecular weight excluding hydrogens is 586 g/mol. The number of carbonyl (C=O) groups excluding carboxylic acids is 2. The zero-order valence-electron chi connectivity index (χ0n) is 21.6. The molecule has 1 aromatic heterocycles. The number of benzene rings is 3. The van der Waals surface area contributed by atoms with Gasteiger partial charge in [-0.05, 0) is 47.5 Å². The van der Waals surface area contributed by atoms with Gasteiger partial charge in [0.1, 0.15) is 24.7 Å². The van der Waals surface area contributed by atoms with Crippen molar-refractivity contribution in [3.63, 3.8) is 0 Å². The molecule has 9 nitrogen and oxygen atoms in total. The van der Waals surface area contributed by atoms with Crippen LogP contribution in [-0.4, -0.2) is 47.3 Å². The van der Waals surface area contributed by atoms with Gasteiger partial charge in [0.2, 0.25) is 5.13 Å². The summed E-state index contributed by atoms with van der Waals surface area (Å²) in [7, 11) is 1.55. The molecule has 0 saturated carbocycles. The molecule has 0 bridgehead atoms. The number of carbonyl (C=O) groups is 2. The lowest BCUT2D eigenvalue weighted by Gasteiger charge is -2.23. The second-order valence-corrected chi connectivity index (χ2v) is 11.6. The van der Waals surface area contributed by atoms with Crippen molar-refractivity contribution in [2.75, 3.05) is 25.2 Å². The summed E-state index contributed by atoms with van der Waals surface area (Å²) in [6.07, 6.45) is 0. The smallest absolute Gasteiger partial charge is 0.301 e. The van der Waals surface area contributed by atoms with Gasteiger partial charge in [0, 0.05) is 16.3 Å². The minimum absolute atomic E-state index is 0.0719. The third-order valence-electron chi connectivity index (χ3n) is 6.60. The number of halogens is 1. The van der Waals surface area contributed by atoms with E-state index in [9.17, 15) is 14.7 Å². The Morgan fingerprint density at radius 3 is 2.59 bits per heavy atom. The number of methoxy groups -OCH3 is 1. The number of rotatable bonds is 7. The number of hydrogen-bond donors (Lipinski definition) is 1. The van der Waals surface area contributed by atoms with Gasteiger partial charge in [-0.2, -0.15) is 0 Å². The molecule has 1 atom stereocenters. The van der Waals surface area contributed by atoms with Crippen molar-refractivity contribution in [1.82, 2.24) is 10.2 Å². The minimum Gasteiger partial charge on any atom is -0.507 e. The molecule has 208 valence electrons. The number of ketones is 1. The number of fused-ring (bicyclic) bond motifs is 1. The summed E-state index contributed by atoms with van der Waals surface area (Å²) < 4.78 is 17.1. The number of amides is 1. The number of thioether (sulfide) groups is 1. The standard InChI is InChI=1S/C29H22ClN3O6S2/c1-37-19-9-6-16(7-10-19)24-23(25(34)17-8-11-21-22(14-17)39-13-12-38-21)26(35)27(36)33(24)28-31-32-29(41-28)40-15-18-4-2-3-5-20(18)30/h2-11,14,24,34H,12-13,15H2,1H3/b25-23+/t24-/m1/s1. The van der Waals surface area contributed by atoms with E-state index in [1.165, 1.54) is 28.0 Å². The van der Waals surface area contributed by atoms with Crippen molar-refractivity contribution >= 4 is 57.3 Å². The number of nitrogens with zero attached hydrogens (tertiary/aromatic N) is 3. The Hall–Kier alpha value is -4.06. The van der Waals surface area contributed by atoms with Crippen LogP contribution in [0.2, 0.25) is 5.02 Å². The topological polar surface area (TPSA) is 111 Å². The van der Waals surface area contributed by atoms with E-state index in [-0.39, 0.29) is 16.5 Å². The Balaban J connectivity index is 1.39. The lowest BCUT2D eigenvalue weighted by Crippen LogP contribution is -2.29. The first-order valence-corrected chi connectivity index (χ1v) is 14.7. The fraction of sp³-hybridized carbons (Fsp3) is 0.172. The molecule has 3 heterocycles. The van der Waals surface area contributed by atoms with Gasteiger partial charge in [-0.1, -0.05) is 65.0 Å². The van der Waals surface area contributed by atoms with E-state index in [1.807, 2.05) is 24.3 Å². The van der Waals surface area contributed by atoms with E-state index in [2.05, 4.69) is 10.2 Å². The predicted octanol–water partition coefficient (Wildman–Crippen LogP) is 5.89. The number of hydrogen-bond acceptors (Lipinski definition) is 10. The highest BCUT2D eigenvalue weighted by Gasteiger charge is 2.48. The van der Waals surface area contributed by atoms with Crippen molar-refractivity contribution < 1.29 is 28.9 Å². The number of Topliss-reactive ketones (excluding diaryl/α,β-unsaturated/α-hetero) is 1. The van der Waals surface area contributed by atoms with Gasteiger partial charge in [-0.25, -0.2) is 0 Å². The van der Waals surface area contributed by atoms with Crippen molar-refractivity contribution in [3.05, 3.63) is 94.0 Å². The summed E-state index contributed by atoms with van der Waals surface area (Å²) in [5.41, 5.74) is 1.77. The lowest BCUT2D eigenvalue weighted by atomic mass is 9.95. The van der Waals surface area contributed by atoms with Gasteiger partial charge in [-0.15, -0.1) is 10.2 Å². The average molecular weight is 608 g/mol. The van der Waals surface area contributed by atoms with Gasteiger partial charge < -0.3 is 19.3 Å². The summed E-state index contributed by atoms with van der Waals surface area (Å²) >= 11 is 8.89. The van der Waals surface area contributed by atoms with Crippen LogP contribution in [0.3, 0.4) is 0 Å². The highest BCUT2D eigenvalue weighted by molar-refractivity contribution is 8.00. The Kier molecular flexibility index (Phi) is 7.57. The summed E-state index contributed by atoms with van der Waals surface area (Å²) in [6.45, 7) is 0.781. The van der Waals surface area contributed by atoms with E-state index < -0.39 is 17.7 Å². The molecule has 2 aliphatic rings. The summed E-state index contributed by atoms with van der Waals surface area (Å²) in [6, 6.07) is 18.4. The number of aromatic nitrogens is 2. The van der Waals surface area contributed by atoms with Crippen molar-refractivity contribution in [2.24, 2.45) is 0 Å². The second kappa shape index (κ2) is 11.4. The summed E-state index contributed by atoms with van der Waals surface area (Å²) in [4.78, 5) is 28.3. The molecule has 3 aromatic carbocycles. The maximum absolute atomic E-state index is 13.5. The molecule has 2 aliphatic heterocycles. The van der Waals surface area contributed by atoms with Crippen LogP contribution in [0.5, 0.6) is 17.2 Å². The van der Waals surface area contributed by atoms with E-state index in [0.29, 0.717) is 56.7 Å². The molecule has 4 aromatic rings. The highest BCUT2D eigenvalue weighted by atomic mass is 35.5. The summed E-state index contributed by atoms with van der Waals surface area (Å²) in [5.74, 6) is 0.158. The number of aliphatic hydroxyl groups is 1. The molecule has 6 rings (SSSR count). The molecule has 1 saturated heterocycles. The molecule has 0 unspecified atom stereocenters. The average Bonchev–Trinajstić information content (AvgIpc) is 3.58. The first-order valence-electron chi connectivity index (χ1n) is 12.5. The van der Waals surface area contributed by atoms with Crippen LogP contribution in [0.25, 0.3) is 5.76 Å². The van der Waals surface area contributed by atoms with Crippen molar-refractivity contribution in [1.29, 1.82) is 0 Å². The monoisotopic (exact) mass is 607 g/mol. The van der Waals surface area contributed by atoms with Gasteiger partial charge in [0.15, 0.2) is 15.8 Å². The SMILES string of the molecule is COc1ccc([C@@H]2/C(=C(\O)c3ccc4c(c3)OCCO4)C(=O)C(=O)N2c2nnc(SCc3ccccc3Cl)s2)cc1. The molecule has 41 heavy (non-hydrogen) atoms. The summed E-state index contributed by atoms with van der Waals surface area (Å²) in [5, 5.41) is 20.8. The number of aliphatic hydroxyl groups excluding tert-OH is 1. The van der Waals surface area contributed by atoms with E-state index >= 15 is 0 Å². The third-order valence-corrected chi connectivity index (χ3v) is 9.08. The van der Waals surface area contributed by atoms with E-state index in [1.54, 1.807) is 49.6 Å². The van der Waals surface area contributed by atoms with Gasteiger partial charge in [-0.3, -0.25) is 14.5 Å². The van der Waals surface area contributed by atoms with Crippen molar-refractivity contribution in [3.8, 4) is 17.2 Å². The molecule has 1 amide bonds. The van der Waals surface area contributed by atoms with Crippen LogP contribution >= 0.6 is 34.7 Å². The first-order chi connectivity index (χ1) is 19.9. The van der Waals surface area contributed by atoms with E-state index in [0.717, 1.165) is 5.56 Å². The minimum atomic E-state index is -0.955. The third kappa shape index (κ3) is 5.23. The maximum atomic E-state index is 13.5. The van der Waals surface area contributed by atoms with Crippen LogP contribution in [0.1, 0.15) is 22.7 Å². The molecular formula is C29H22ClN3O6S2. The van der Waals surface area contributed by atoms with E-state index in [4.69, 9.17) is 25.8 Å². The van der Waals surface area contributed by atoms with Gasteiger partial charge >= 0.3 is 5.91 Å². The molecule has 0 aliphatic carbocycles. The molecule has 1 fully saturated rings. The Bertz CT molecular complexity index is 1670. The maximum Gasteiger partial charge on any atom is 0.301 e.